The van der Waals surface area contributed by atoms with Crippen molar-refractivity contribution in [2.75, 3.05) is 13.1 Å². The summed E-state index contributed by atoms with van der Waals surface area (Å²) < 4.78 is 0. The SMILES string of the molecule is CCC(C1CC1)N1CC(NC(=O)C(C)C)CC(C(C)O)C1. The van der Waals surface area contributed by atoms with Crippen molar-refractivity contribution in [2.45, 2.75) is 71.6 Å². The molecule has 1 saturated heterocycles. The first-order valence-electron chi connectivity index (χ1n) is 8.64. The van der Waals surface area contributed by atoms with Crippen LogP contribution < -0.4 is 5.32 Å². The Morgan fingerprint density at radius 3 is 2.38 bits per heavy atom. The molecule has 4 unspecified atom stereocenters. The Balaban J connectivity index is 2.02. The number of amides is 1. The maximum absolute atomic E-state index is 12.0. The van der Waals surface area contributed by atoms with E-state index in [9.17, 15) is 9.90 Å². The lowest BCUT2D eigenvalue weighted by atomic mass is 9.88. The Labute approximate surface area is 129 Å². The van der Waals surface area contributed by atoms with Gasteiger partial charge in [-0.3, -0.25) is 9.69 Å². The van der Waals surface area contributed by atoms with Gasteiger partial charge in [0.1, 0.15) is 0 Å². The second-order valence-electron chi connectivity index (χ2n) is 7.36. The molecule has 2 aliphatic rings. The summed E-state index contributed by atoms with van der Waals surface area (Å²) in [4.78, 5) is 14.5. The number of hydrogen-bond acceptors (Lipinski definition) is 3. The molecule has 4 heteroatoms. The summed E-state index contributed by atoms with van der Waals surface area (Å²) in [6, 6.07) is 0.811. The molecule has 0 bridgehead atoms. The van der Waals surface area contributed by atoms with E-state index in [1.807, 2.05) is 20.8 Å². The van der Waals surface area contributed by atoms with Gasteiger partial charge in [0.05, 0.1) is 6.10 Å². The fraction of sp³-hybridized carbons (Fsp3) is 0.941. The molecular weight excluding hydrogens is 264 g/mol. The quantitative estimate of drug-likeness (QED) is 0.788. The van der Waals surface area contributed by atoms with Gasteiger partial charge in [-0.05, 0) is 44.4 Å². The van der Waals surface area contributed by atoms with Crippen molar-refractivity contribution in [3.63, 3.8) is 0 Å². The number of hydrogen-bond donors (Lipinski definition) is 2. The summed E-state index contributed by atoms with van der Waals surface area (Å²) in [5, 5.41) is 13.2. The number of nitrogens with zero attached hydrogens (tertiary/aromatic N) is 1. The first-order valence-corrected chi connectivity index (χ1v) is 8.64. The standard InChI is InChI=1S/C17H32N2O2/c1-5-16(13-6-7-13)19-9-14(12(4)20)8-15(10-19)18-17(21)11(2)3/h11-16,20H,5-10H2,1-4H3,(H,18,21). The summed E-state index contributed by atoms with van der Waals surface area (Å²) in [5.41, 5.74) is 0. The lowest BCUT2D eigenvalue weighted by Crippen LogP contribution is -2.56. The largest absolute Gasteiger partial charge is 0.393 e. The first-order chi connectivity index (χ1) is 9.92. The smallest absolute Gasteiger partial charge is 0.222 e. The van der Waals surface area contributed by atoms with Crippen molar-refractivity contribution >= 4 is 5.91 Å². The van der Waals surface area contributed by atoms with Gasteiger partial charge in [-0.1, -0.05) is 20.8 Å². The summed E-state index contributed by atoms with van der Waals surface area (Å²) in [6.45, 7) is 9.92. The number of likely N-dealkylation sites (tertiary alicyclic amines) is 1. The van der Waals surface area contributed by atoms with Gasteiger partial charge in [0.15, 0.2) is 0 Å². The highest BCUT2D eigenvalue weighted by Gasteiger charge is 2.39. The third-order valence-electron chi connectivity index (χ3n) is 5.12. The summed E-state index contributed by atoms with van der Waals surface area (Å²) in [6.07, 6.45) is 4.45. The van der Waals surface area contributed by atoms with Crippen molar-refractivity contribution < 1.29 is 9.90 Å². The van der Waals surface area contributed by atoms with Crippen LogP contribution in [0, 0.1) is 17.8 Å². The van der Waals surface area contributed by atoms with Crippen LogP contribution in [0.1, 0.15) is 53.4 Å². The van der Waals surface area contributed by atoms with E-state index in [1.165, 1.54) is 19.3 Å². The Bertz CT molecular complexity index is 353. The van der Waals surface area contributed by atoms with Gasteiger partial charge in [0.25, 0.3) is 0 Å². The molecule has 0 aromatic heterocycles. The normalized spacial score (nSPS) is 30.2. The maximum atomic E-state index is 12.0. The highest BCUT2D eigenvalue weighted by atomic mass is 16.3. The molecule has 1 aliphatic heterocycles. The Kier molecular flexibility index (Phi) is 5.67. The van der Waals surface area contributed by atoms with Crippen LogP contribution in [0.5, 0.6) is 0 Å². The molecule has 2 N–H and O–H groups in total. The maximum Gasteiger partial charge on any atom is 0.222 e. The van der Waals surface area contributed by atoms with Gasteiger partial charge >= 0.3 is 0 Å². The monoisotopic (exact) mass is 296 g/mol. The Hall–Kier alpha value is -0.610. The molecule has 1 saturated carbocycles. The molecule has 1 amide bonds. The van der Waals surface area contributed by atoms with Crippen LogP contribution in [-0.4, -0.2) is 47.2 Å². The van der Waals surface area contributed by atoms with Crippen molar-refractivity contribution in [1.29, 1.82) is 0 Å². The van der Waals surface area contributed by atoms with Crippen LogP contribution in [0.15, 0.2) is 0 Å². The summed E-state index contributed by atoms with van der Waals surface area (Å²) >= 11 is 0. The molecular formula is C17H32N2O2. The van der Waals surface area contributed by atoms with Gasteiger partial charge in [-0.15, -0.1) is 0 Å². The molecule has 0 spiro atoms. The number of aliphatic hydroxyl groups excluding tert-OH is 1. The van der Waals surface area contributed by atoms with E-state index in [0.29, 0.717) is 6.04 Å². The van der Waals surface area contributed by atoms with Crippen LogP contribution in [0.4, 0.5) is 0 Å². The third-order valence-corrected chi connectivity index (χ3v) is 5.12. The second-order valence-corrected chi connectivity index (χ2v) is 7.36. The van der Waals surface area contributed by atoms with Crippen LogP contribution in [0.25, 0.3) is 0 Å². The van der Waals surface area contributed by atoms with E-state index in [-0.39, 0.29) is 29.9 Å². The summed E-state index contributed by atoms with van der Waals surface area (Å²) in [7, 11) is 0. The highest BCUT2D eigenvalue weighted by Crippen LogP contribution is 2.38. The van der Waals surface area contributed by atoms with Crippen LogP contribution in [0.2, 0.25) is 0 Å². The average molecular weight is 296 g/mol. The lowest BCUT2D eigenvalue weighted by molar-refractivity contribution is -0.125. The highest BCUT2D eigenvalue weighted by molar-refractivity contribution is 5.78. The predicted molar refractivity (Wildman–Crippen MR) is 84.9 cm³/mol. The molecule has 1 aliphatic carbocycles. The lowest BCUT2D eigenvalue weighted by Gasteiger charge is -2.43. The predicted octanol–water partition coefficient (Wildman–Crippen LogP) is 2.02. The van der Waals surface area contributed by atoms with Crippen molar-refractivity contribution in [1.82, 2.24) is 10.2 Å². The van der Waals surface area contributed by atoms with Gasteiger partial charge in [0, 0.05) is 31.1 Å². The molecule has 2 rings (SSSR count). The molecule has 4 nitrogen and oxygen atoms in total. The zero-order valence-corrected chi connectivity index (χ0v) is 14.0. The summed E-state index contributed by atoms with van der Waals surface area (Å²) in [5.74, 6) is 1.26. The number of rotatable bonds is 6. The fourth-order valence-corrected chi connectivity index (χ4v) is 3.64. The van der Waals surface area contributed by atoms with E-state index in [4.69, 9.17) is 0 Å². The number of aliphatic hydroxyl groups is 1. The van der Waals surface area contributed by atoms with Crippen molar-refractivity contribution in [2.24, 2.45) is 17.8 Å². The zero-order chi connectivity index (χ0) is 15.6. The number of carbonyl (C=O) groups excluding carboxylic acids is 1. The molecule has 0 radical (unpaired) electrons. The van der Waals surface area contributed by atoms with Crippen LogP contribution in [-0.2, 0) is 4.79 Å². The van der Waals surface area contributed by atoms with Crippen LogP contribution >= 0.6 is 0 Å². The van der Waals surface area contributed by atoms with E-state index < -0.39 is 0 Å². The minimum atomic E-state index is -0.303. The minimum Gasteiger partial charge on any atom is -0.393 e. The minimum absolute atomic E-state index is 0.0239. The Morgan fingerprint density at radius 2 is 1.90 bits per heavy atom. The molecule has 122 valence electrons. The molecule has 0 aromatic rings. The number of carbonyl (C=O) groups is 1. The van der Waals surface area contributed by atoms with E-state index in [0.717, 1.165) is 25.4 Å². The molecule has 4 atom stereocenters. The van der Waals surface area contributed by atoms with Gasteiger partial charge in [-0.25, -0.2) is 0 Å². The first kappa shape index (κ1) is 16.8. The molecule has 2 fully saturated rings. The fourth-order valence-electron chi connectivity index (χ4n) is 3.64. The molecule has 1 heterocycles. The topological polar surface area (TPSA) is 52.6 Å². The second kappa shape index (κ2) is 7.10. The van der Waals surface area contributed by atoms with Crippen molar-refractivity contribution in [3.05, 3.63) is 0 Å². The third kappa shape index (κ3) is 4.43. The number of piperidine rings is 1. The molecule has 0 aromatic carbocycles. The zero-order valence-electron chi connectivity index (χ0n) is 14.0. The Morgan fingerprint density at radius 1 is 1.24 bits per heavy atom. The van der Waals surface area contributed by atoms with E-state index >= 15 is 0 Å². The van der Waals surface area contributed by atoms with E-state index in [1.54, 1.807) is 0 Å². The van der Waals surface area contributed by atoms with Gasteiger partial charge in [-0.2, -0.15) is 0 Å². The number of nitrogens with one attached hydrogen (secondary N) is 1. The van der Waals surface area contributed by atoms with E-state index in [2.05, 4.69) is 17.1 Å². The van der Waals surface area contributed by atoms with Gasteiger partial charge in [0.2, 0.25) is 5.91 Å². The molecule has 21 heavy (non-hydrogen) atoms. The van der Waals surface area contributed by atoms with Crippen molar-refractivity contribution in [3.8, 4) is 0 Å². The van der Waals surface area contributed by atoms with Gasteiger partial charge < -0.3 is 10.4 Å². The van der Waals surface area contributed by atoms with Crippen LogP contribution in [0.3, 0.4) is 0 Å². The average Bonchev–Trinajstić information content (AvgIpc) is 3.23.